The molecule has 0 saturated carbocycles. The van der Waals surface area contributed by atoms with Gasteiger partial charge in [-0.05, 0) is 46.0 Å². The molecule has 0 saturated heterocycles. The van der Waals surface area contributed by atoms with Crippen LogP contribution in [-0.2, 0) is 0 Å². The van der Waals surface area contributed by atoms with Crippen molar-refractivity contribution >= 4 is 53.4 Å². The van der Waals surface area contributed by atoms with Gasteiger partial charge in [0, 0.05) is 53.2 Å². The second-order valence-electron chi connectivity index (χ2n) is 13.9. The summed E-state index contributed by atoms with van der Waals surface area (Å²) in [7, 11) is 0. The Morgan fingerprint density at radius 2 is 0.804 bits per heavy atom. The number of para-hydroxylation sites is 1. The van der Waals surface area contributed by atoms with Crippen molar-refractivity contribution in [3.8, 4) is 67.5 Å². The van der Waals surface area contributed by atoms with Gasteiger partial charge < -0.3 is 4.42 Å². The van der Waals surface area contributed by atoms with Gasteiger partial charge in [0.05, 0.1) is 0 Å². The first-order valence-corrected chi connectivity index (χ1v) is 19.5. The zero-order chi connectivity index (χ0) is 37.0. The molecule has 3 aromatic heterocycles. The fraction of sp³-hybridized carbons (Fsp3) is 0. The molecule has 0 spiro atoms. The summed E-state index contributed by atoms with van der Waals surface area (Å²) in [5.41, 5.74) is 11.3. The van der Waals surface area contributed by atoms with Crippen LogP contribution in [0.4, 0.5) is 0 Å². The van der Waals surface area contributed by atoms with Gasteiger partial charge in [0.2, 0.25) is 0 Å². The van der Waals surface area contributed by atoms with Crippen molar-refractivity contribution in [1.29, 1.82) is 0 Å². The van der Waals surface area contributed by atoms with Crippen LogP contribution in [0.5, 0.6) is 0 Å². The van der Waals surface area contributed by atoms with Crippen LogP contribution >= 0.6 is 11.3 Å². The molecule has 0 N–H and O–H groups in total. The van der Waals surface area contributed by atoms with E-state index in [9.17, 15) is 0 Å². The summed E-state index contributed by atoms with van der Waals surface area (Å²) in [6.45, 7) is 0. The smallest absolute Gasteiger partial charge is 0.164 e. The summed E-state index contributed by atoms with van der Waals surface area (Å²) < 4.78 is 9.15. The van der Waals surface area contributed by atoms with Crippen molar-refractivity contribution in [1.82, 2.24) is 15.0 Å². The zero-order valence-electron chi connectivity index (χ0n) is 30.1. The fourth-order valence-electron chi connectivity index (χ4n) is 7.87. The lowest BCUT2D eigenvalue weighted by molar-refractivity contribution is 0.669. The lowest BCUT2D eigenvalue weighted by Gasteiger charge is -2.11. The molecule has 0 atom stereocenters. The van der Waals surface area contributed by atoms with Crippen LogP contribution in [0.3, 0.4) is 0 Å². The molecule has 262 valence electrons. The van der Waals surface area contributed by atoms with E-state index in [4.69, 9.17) is 19.4 Å². The zero-order valence-corrected chi connectivity index (χ0v) is 30.9. The number of thiophene rings is 1. The number of rotatable bonds is 6. The summed E-state index contributed by atoms with van der Waals surface area (Å²) in [5.74, 6) is 1.81. The molecule has 0 aliphatic rings. The van der Waals surface area contributed by atoms with Gasteiger partial charge in [-0.15, -0.1) is 11.3 Å². The van der Waals surface area contributed by atoms with Crippen LogP contribution in [0.25, 0.3) is 110 Å². The van der Waals surface area contributed by atoms with E-state index in [2.05, 4.69) is 140 Å². The Labute approximate surface area is 327 Å². The summed E-state index contributed by atoms with van der Waals surface area (Å²) in [6, 6.07) is 65.5. The molecule has 4 nitrogen and oxygen atoms in total. The maximum atomic E-state index is 6.64. The number of furan rings is 1. The minimum absolute atomic E-state index is 0.583. The van der Waals surface area contributed by atoms with Gasteiger partial charge in [0.25, 0.3) is 0 Å². The summed E-state index contributed by atoms with van der Waals surface area (Å²) >= 11 is 1.85. The van der Waals surface area contributed by atoms with E-state index in [0.717, 1.165) is 60.9 Å². The predicted octanol–water partition coefficient (Wildman–Crippen LogP) is 14.1. The second kappa shape index (κ2) is 13.3. The van der Waals surface area contributed by atoms with Gasteiger partial charge in [-0.1, -0.05) is 170 Å². The van der Waals surface area contributed by atoms with E-state index in [1.807, 2.05) is 59.9 Å². The van der Waals surface area contributed by atoms with Crippen LogP contribution in [0.2, 0.25) is 0 Å². The molecule has 3 heterocycles. The minimum atomic E-state index is 0.583. The van der Waals surface area contributed by atoms with E-state index in [1.165, 1.54) is 31.3 Å². The van der Waals surface area contributed by atoms with Crippen LogP contribution in [0, 0.1) is 0 Å². The Morgan fingerprint density at radius 1 is 0.321 bits per heavy atom. The maximum Gasteiger partial charge on any atom is 0.164 e. The first-order valence-electron chi connectivity index (χ1n) is 18.7. The van der Waals surface area contributed by atoms with E-state index in [1.54, 1.807) is 0 Å². The Morgan fingerprint density at radius 3 is 1.48 bits per heavy atom. The monoisotopic (exact) mass is 733 g/mol. The summed E-state index contributed by atoms with van der Waals surface area (Å²) in [5, 5.41) is 4.64. The molecule has 0 aliphatic heterocycles. The molecule has 0 unspecified atom stereocenters. The summed E-state index contributed by atoms with van der Waals surface area (Å²) in [4.78, 5) is 15.4. The van der Waals surface area contributed by atoms with Crippen LogP contribution in [0.1, 0.15) is 0 Å². The first-order chi connectivity index (χ1) is 27.7. The van der Waals surface area contributed by atoms with Gasteiger partial charge in [-0.3, -0.25) is 0 Å². The van der Waals surface area contributed by atoms with Crippen LogP contribution < -0.4 is 0 Å². The molecule has 0 amide bonds. The lowest BCUT2D eigenvalue weighted by Crippen LogP contribution is -2.00. The van der Waals surface area contributed by atoms with Crippen molar-refractivity contribution in [3.05, 3.63) is 188 Å². The van der Waals surface area contributed by atoms with Gasteiger partial charge in [-0.25, -0.2) is 15.0 Å². The summed E-state index contributed by atoms with van der Waals surface area (Å²) in [6.07, 6.45) is 0. The van der Waals surface area contributed by atoms with Gasteiger partial charge in [-0.2, -0.15) is 0 Å². The van der Waals surface area contributed by atoms with Crippen LogP contribution in [0.15, 0.2) is 192 Å². The topological polar surface area (TPSA) is 51.8 Å². The van der Waals surface area contributed by atoms with Crippen LogP contribution in [-0.4, -0.2) is 15.0 Å². The average molecular weight is 734 g/mol. The largest absolute Gasteiger partial charge is 0.456 e. The number of hydrogen-bond acceptors (Lipinski definition) is 5. The predicted molar refractivity (Wildman–Crippen MR) is 233 cm³/mol. The second-order valence-corrected chi connectivity index (χ2v) is 15.0. The third kappa shape index (κ3) is 5.48. The third-order valence-electron chi connectivity index (χ3n) is 10.6. The average Bonchev–Trinajstić information content (AvgIpc) is 3.86. The Hall–Kier alpha value is -7.21. The fourth-order valence-corrected chi connectivity index (χ4v) is 9.23. The molecule has 8 aromatic carbocycles. The quantitative estimate of drug-likeness (QED) is 0.171. The van der Waals surface area contributed by atoms with Crippen molar-refractivity contribution in [3.63, 3.8) is 0 Å². The lowest BCUT2D eigenvalue weighted by atomic mass is 9.95. The Bertz CT molecular complexity index is 3230. The molecule has 0 bridgehead atoms. The highest BCUT2D eigenvalue weighted by Gasteiger charge is 2.21. The number of nitrogens with zero attached hydrogens (tertiary/aromatic N) is 3. The number of aromatic nitrogens is 3. The number of hydrogen-bond donors (Lipinski definition) is 0. The SMILES string of the molecule is c1ccc(-c2ccc(-c3nc(-c4ccccc4)nc(-c4cc(-c5cccc6c5sc5c(-c7ccccc7)cccc56)c5c(c4)oc4ccccc45)n3)cc2)cc1. The molecule has 56 heavy (non-hydrogen) atoms. The molecule has 0 radical (unpaired) electrons. The van der Waals surface area contributed by atoms with E-state index in [0.29, 0.717) is 17.5 Å². The van der Waals surface area contributed by atoms with Gasteiger partial charge >= 0.3 is 0 Å². The highest BCUT2D eigenvalue weighted by atomic mass is 32.1. The van der Waals surface area contributed by atoms with Crippen molar-refractivity contribution in [2.45, 2.75) is 0 Å². The minimum Gasteiger partial charge on any atom is -0.456 e. The number of fused-ring (bicyclic) bond motifs is 6. The molecular weight excluding hydrogens is 703 g/mol. The Balaban J connectivity index is 1.14. The van der Waals surface area contributed by atoms with E-state index >= 15 is 0 Å². The normalized spacial score (nSPS) is 11.6. The van der Waals surface area contributed by atoms with Crippen molar-refractivity contribution < 1.29 is 4.42 Å². The maximum absolute atomic E-state index is 6.64. The third-order valence-corrected chi connectivity index (χ3v) is 11.8. The molecular formula is C51H31N3OS. The standard InChI is InChI=1S/C51H31N3OS/c1-4-14-32(15-5-1)33-26-28-36(29-27-33)50-52-49(35-18-8-3-9-19-35)53-51(54-50)37-30-43(46-42-20-10-11-25-44(42)55-45(46)31-37)41-24-13-23-40-39-22-12-21-38(47(39)56-48(40)41)34-16-6-2-7-17-34/h1-31H. The molecule has 11 rings (SSSR count). The first kappa shape index (κ1) is 32.2. The molecule has 11 aromatic rings. The van der Waals surface area contributed by atoms with Gasteiger partial charge in [0.15, 0.2) is 17.5 Å². The molecule has 0 fully saturated rings. The number of benzene rings is 8. The van der Waals surface area contributed by atoms with E-state index in [-0.39, 0.29) is 0 Å². The Kier molecular flexibility index (Phi) is 7.64. The van der Waals surface area contributed by atoms with Crippen molar-refractivity contribution in [2.24, 2.45) is 0 Å². The molecule has 0 aliphatic carbocycles. The van der Waals surface area contributed by atoms with Crippen molar-refractivity contribution in [2.75, 3.05) is 0 Å². The molecule has 5 heteroatoms. The van der Waals surface area contributed by atoms with E-state index < -0.39 is 0 Å². The highest BCUT2D eigenvalue weighted by Crippen LogP contribution is 2.47. The highest BCUT2D eigenvalue weighted by molar-refractivity contribution is 7.26. The van der Waals surface area contributed by atoms with Gasteiger partial charge in [0.1, 0.15) is 11.2 Å².